The van der Waals surface area contributed by atoms with E-state index in [1.165, 1.54) is 151 Å². The third-order valence-electron chi connectivity index (χ3n) is 23.2. The molecule has 1 aliphatic carbocycles. The van der Waals surface area contributed by atoms with Gasteiger partial charge in [-0.1, -0.05) is 300 Å². The molecule has 0 saturated heterocycles. The van der Waals surface area contributed by atoms with Crippen LogP contribution in [0.4, 0.5) is 34.1 Å². The summed E-state index contributed by atoms with van der Waals surface area (Å²) < 4.78 is -0.0533. The Balaban J connectivity index is 1.05. The monoisotopic (exact) mass is 1390 g/mol. The summed E-state index contributed by atoms with van der Waals surface area (Å²) in [6.07, 6.45) is 21.2. The van der Waals surface area contributed by atoms with Crippen molar-refractivity contribution in [1.29, 1.82) is 0 Å². The van der Waals surface area contributed by atoms with Gasteiger partial charge in [0.05, 0.1) is 14.8 Å². The molecule has 0 bridgehead atoms. The fourth-order valence-electron chi connectivity index (χ4n) is 15.9. The zero-order chi connectivity index (χ0) is 69.8. The Kier molecular flexibility index (Phi) is 23.2. The van der Waals surface area contributed by atoms with Crippen LogP contribution in [0.3, 0.4) is 0 Å². The Morgan fingerprint density at radius 3 is 1.25 bits per heavy atom. The summed E-state index contributed by atoms with van der Waals surface area (Å²) in [5.74, 6) is 0. The number of fused-ring (bicyclic) bond motifs is 3. The van der Waals surface area contributed by atoms with Gasteiger partial charge in [-0.3, -0.25) is 0 Å². The first-order valence-corrected chi connectivity index (χ1v) is 38.4. The Hall–Kier alpha value is -6.17. The van der Waals surface area contributed by atoms with E-state index in [0.29, 0.717) is 0 Å². The quantitative estimate of drug-likeness (QED) is 0.0200. The van der Waals surface area contributed by atoms with Gasteiger partial charge >= 0.3 is 0 Å². The Labute approximate surface area is 598 Å². The molecule has 4 atom stereocenters. The number of unbranched alkanes of at least 4 members (excludes halogenated alkanes) is 5. The average Bonchev–Trinajstić information content (AvgIpc) is 1.55. The first-order valence-electron chi connectivity index (χ1n) is 37.4. The summed E-state index contributed by atoms with van der Waals surface area (Å²) in [4.78, 5) is 5.03. The highest BCUT2D eigenvalue weighted by atomic mass is 127. The van der Waals surface area contributed by atoms with E-state index in [-0.39, 0.29) is 35.9 Å². The predicted octanol–water partition coefficient (Wildman–Crippen LogP) is 29.1. The Bertz CT molecular complexity index is 3910. The smallest absolute Gasteiger partial charge is 0.0730 e. The van der Waals surface area contributed by atoms with Gasteiger partial charge in [0.25, 0.3) is 0 Å². The summed E-state index contributed by atoms with van der Waals surface area (Å²) in [7, 11) is 0. The number of alkyl halides is 1. The maximum Gasteiger partial charge on any atom is 0.0730 e. The minimum Gasteiger partial charge on any atom is -0.310 e. The molecule has 0 saturated carbocycles. The molecule has 0 spiro atoms. The van der Waals surface area contributed by atoms with E-state index in [1.807, 2.05) is 0 Å². The molecule has 4 unspecified atom stereocenters. The van der Waals surface area contributed by atoms with Crippen molar-refractivity contribution >= 4 is 56.7 Å². The summed E-state index contributed by atoms with van der Waals surface area (Å²) in [6.45, 7) is 51.8. The number of rotatable bonds is 29. The zero-order valence-electron chi connectivity index (χ0n) is 63.4. The number of hydrogen-bond acceptors (Lipinski definition) is 2. The number of benzene rings is 8. The van der Waals surface area contributed by atoms with Gasteiger partial charge in [-0.05, 0) is 244 Å². The van der Waals surface area contributed by atoms with Crippen LogP contribution in [0.5, 0.6) is 0 Å². The summed E-state index contributed by atoms with van der Waals surface area (Å²) >= 11 is 2.91. The highest BCUT2D eigenvalue weighted by Gasteiger charge is 2.43. The minimum absolute atomic E-state index is 0.0207. The van der Waals surface area contributed by atoms with Crippen molar-refractivity contribution in [3.8, 4) is 22.3 Å². The topological polar surface area (TPSA) is 6.48 Å². The highest BCUT2D eigenvalue weighted by Crippen LogP contribution is 2.58. The molecule has 8 aromatic carbocycles. The fraction of sp³-hybridized carbons (Fsp3) is 0.462. The molecule has 0 fully saturated rings. The van der Waals surface area contributed by atoms with Crippen molar-refractivity contribution in [2.45, 2.75) is 277 Å². The van der Waals surface area contributed by atoms with Crippen LogP contribution in [-0.2, 0) is 35.9 Å². The Morgan fingerprint density at radius 2 is 0.802 bits per heavy atom. The molecule has 9 rings (SSSR count). The van der Waals surface area contributed by atoms with Gasteiger partial charge in [0.2, 0.25) is 0 Å². The largest absolute Gasteiger partial charge is 0.310 e. The van der Waals surface area contributed by atoms with Gasteiger partial charge in [-0.15, -0.1) is 6.58 Å². The third-order valence-corrected chi connectivity index (χ3v) is 24.9. The second-order valence-corrected chi connectivity index (χ2v) is 34.4. The maximum absolute atomic E-state index is 4.70. The van der Waals surface area contributed by atoms with Crippen molar-refractivity contribution in [3.63, 3.8) is 0 Å². The van der Waals surface area contributed by atoms with Crippen LogP contribution in [-0.4, -0.2) is 0 Å². The molecule has 0 heterocycles. The van der Waals surface area contributed by atoms with E-state index in [4.69, 9.17) is 6.58 Å². The van der Waals surface area contributed by atoms with E-state index < -0.39 is 0 Å². The van der Waals surface area contributed by atoms with Gasteiger partial charge < -0.3 is 9.80 Å². The number of allylic oxidation sites excluding steroid dienone is 1. The van der Waals surface area contributed by atoms with Crippen LogP contribution < -0.4 is 9.80 Å². The van der Waals surface area contributed by atoms with Crippen LogP contribution in [0.15, 0.2) is 170 Å². The van der Waals surface area contributed by atoms with Crippen LogP contribution in [0.2, 0.25) is 0 Å². The lowest BCUT2D eigenvalue weighted by Crippen LogP contribution is -2.29. The second kappa shape index (κ2) is 30.1. The van der Waals surface area contributed by atoms with Gasteiger partial charge in [-0.25, -0.2) is 0 Å². The predicted molar refractivity (Wildman–Crippen MR) is 432 cm³/mol. The molecule has 0 radical (unpaired) electrons. The molecular weight excluding hydrogens is 1270 g/mol. The van der Waals surface area contributed by atoms with Crippen LogP contribution in [0.25, 0.3) is 22.3 Å². The van der Waals surface area contributed by atoms with Crippen molar-refractivity contribution in [2.24, 2.45) is 0 Å². The normalized spacial score (nSPS) is 15.9. The van der Waals surface area contributed by atoms with E-state index in [9.17, 15) is 0 Å². The lowest BCUT2D eigenvalue weighted by Gasteiger charge is -2.38. The summed E-state index contributed by atoms with van der Waals surface area (Å²) in [5, 5.41) is 0. The van der Waals surface area contributed by atoms with Gasteiger partial charge in [0, 0.05) is 28.2 Å². The molecule has 0 N–H and O–H groups in total. The number of halogens is 1. The van der Waals surface area contributed by atoms with Gasteiger partial charge in [-0.2, -0.15) is 0 Å². The van der Waals surface area contributed by atoms with E-state index in [1.54, 1.807) is 0 Å². The fourth-order valence-corrected chi connectivity index (χ4v) is 17.2. The molecule has 1 aliphatic rings. The average molecular weight is 1390 g/mol. The zero-order valence-corrected chi connectivity index (χ0v) is 65.5. The first kappa shape index (κ1) is 74.1. The molecule has 3 heteroatoms. The Morgan fingerprint density at radius 1 is 0.385 bits per heavy atom. The van der Waals surface area contributed by atoms with E-state index in [0.717, 1.165) is 74.8 Å². The molecular formula is C93H121IN2. The molecule has 510 valence electrons. The first-order chi connectivity index (χ1) is 45.5. The number of nitrogens with zero attached hydrogens (tertiary/aromatic N) is 2. The minimum atomic E-state index is -0.188. The van der Waals surface area contributed by atoms with Crippen molar-refractivity contribution in [1.82, 2.24) is 0 Å². The number of aryl methyl sites for hydroxylation is 4. The third kappa shape index (κ3) is 15.3. The molecule has 8 aromatic rings. The second-order valence-electron chi connectivity index (χ2n) is 32.5. The lowest BCUT2D eigenvalue weighted by atomic mass is 9.67. The molecule has 0 aromatic heterocycles. The summed E-state index contributed by atoms with van der Waals surface area (Å²) in [5.41, 5.74) is 29.1. The SMILES string of the molecule is C=CC(CCC)(CCC(C)(CC)c1ccc2c(c1)C(I)(CCCCCCCC)c1cc(C(C)(C)CC)ccc1-2)c1ccc(N(c2ccc(-c3ccc(N(c4cccc(C(C)(CC)CCC)c4)c4c(C)cc(C(C)(C)C)cc4C)cc3)cc2)c2c(C)cc(C(C)(C)C)cc2C)cc1. The maximum atomic E-state index is 4.70. The van der Waals surface area contributed by atoms with Gasteiger partial charge in [0.1, 0.15) is 0 Å². The van der Waals surface area contributed by atoms with Crippen LogP contribution >= 0.6 is 22.6 Å². The highest BCUT2D eigenvalue weighted by molar-refractivity contribution is 14.1. The van der Waals surface area contributed by atoms with Crippen molar-refractivity contribution in [3.05, 3.63) is 237 Å². The molecule has 96 heavy (non-hydrogen) atoms. The van der Waals surface area contributed by atoms with Crippen molar-refractivity contribution in [2.75, 3.05) is 9.80 Å². The van der Waals surface area contributed by atoms with E-state index in [2.05, 4.69) is 335 Å². The molecule has 0 amide bonds. The number of hydrogen-bond donors (Lipinski definition) is 0. The van der Waals surface area contributed by atoms with Crippen molar-refractivity contribution < 1.29 is 0 Å². The van der Waals surface area contributed by atoms with E-state index >= 15 is 0 Å². The summed E-state index contributed by atoms with van der Waals surface area (Å²) in [6, 6.07) is 62.6. The van der Waals surface area contributed by atoms with Crippen LogP contribution in [0, 0.1) is 27.7 Å². The molecule has 2 nitrogen and oxygen atoms in total. The standard InChI is InChI=1S/C93H121IN2/c1-22-29-30-31-32-33-55-93(94)83-63-72(89(18,19)25-4)43-51-81(83)82-52-44-74(64-84(82)93)91(21,27-6)56-57-92(28-7,54-24-3)71-41-49-79(50-42-71)95(85-65(8)58-75(59-66(85)9)87(12,13)14)77-45-37-69(38-46-77)70-39-47-78(48-40-70)96(86-67(10)60-76(61-68(86)11)88(15,16)17)80-36-34-35-73(62-80)90(20,26-5)53-23-2/h28,34-52,58-64H,7,22-27,29-33,53-57H2,1-6,8-21H3. The molecule has 0 aliphatic heterocycles. The lowest BCUT2D eigenvalue weighted by molar-refractivity contribution is 0.338. The van der Waals surface area contributed by atoms with Crippen LogP contribution in [0.1, 0.15) is 280 Å². The van der Waals surface area contributed by atoms with Gasteiger partial charge in [0.15, 0.2) is 0 Å². The number of anilines is 6.